The van der Waals surface area contributed by atoms with E-state index in [0.29, 0.717) is 12.1 Å². The summed E-state index contributed by atoms with van der Waals surface area (Å²) >= 11 is 0. The van der Waals surface area contributed by atoms with Crippen LogP contribution in [-0.4, -0.2) is 18.1 Å². The number of hydrogen-bond acceptors (Lipinski definition) is 5. The Morgan fingerprint density at radius 2 is 1.35 bits per heavy atom. The fourth-order valence-electron chi connectivity index (χ4n) is 2.65. The van der Waals surface area contributed by atoms with Gasteiger partial charge in [-0.05, 0) is 41.8 Å². The predicted octanol–water partition coefficient (Wildman–Crippen LogP) is 6.25. The zero-order valence-corrected chi connectivity index (χ0v) is 15.7. The maximum Gasteiger partial charge on any atom is 0.416 e. The van der Waals surface area contributed by atoms with E-state index in [4.69, 9.17) is 4.55 Å². The minimum Gasteiger partial charge on any atom is -0.506 e. The van der Waals surface area contributed by atoms with E-state index in [2.05, 4.69) is 10.2 Å². The molecule has 0 bridgehead atoms. The summed E-state index contributed by atoms with van der Waals surface area (Å²) in [5.74, 6) is -0.515. The zero-order chi connectivity index (χ0) is 23.2. The van der Waals surface area contributed by atoms with Gasteiger partial charge in [-0.25, -0.2) is 0 Å². The minimum atomic E-state index is -5.07. The van der Waals surface area contributed by atoms with E-state index in [1.807, 2.05) is 0 Å². The molecule has 0 aliphatic carbocycles. The largest absolute Gasteiger partial charge is 0.506 e. The number of phenols is 1. The maximum absolute atomic E-state index is 13.0. The molecule has 0 radical (unpaired) electrons. The summed E-state index contributed by atoms with van der Waals surface area (Å²) < 4.78 is 109. The van der Waals surface area contributed by atoms with Crippen molar-refractivity contribution >= 4 is 32.3 Å². The second-order valence-corrected chi connectivity index (χ2v) is 7.68. The molecule has 0 saturated heterocycles. The van der Waals surface area contributed by atoms with Crippen molar-refractivity contribution in [2.75, 3.05) is 0 Å². The highest BCUT2D eigenvalue weighted by molar-refractivity contribution is 7.85. The van der Waals surface area contributed by atoms with Gasteiger partial charge in [0.1, 0.15) is 11.4 Å². The fourth-order valence-corrected chi connectivity index (χ4v) is 3.17. The van der Waals surface area contributed by atoms with Crippen LogP contribution in [0.2, 0.25) is 0 Å². The first-order valence-corrected chi connectivity index (χ1v) is 9.55. The van der Waals surface area contributed by atoms with Crippen LogP contribution in [0, 0.1) is 0 Å². The topological polar surface area (TPSA) is 99.3 Å². The average molecular weight is 464 g/mol. The Bertz CT molecular complexity index is 1270. The van der Waals surface area contributed by atoms with Crippen molar-refractivity contribution in [3.63, 3.8) is 0 Å². The van der Waals surface area contributed by atoms with Crippen molar-refractivity contribution < 1.29 is 44.4 Å². The van der Waals surface area contributed by atoms with E-state index in [-0.39, 0.29) is 22.5 Å². The van der Waals surface area contributed by atoms with Crippen molar-refractivity contribution in [2.24, 2.45) is 10.2 Å². The standard InChI is InChI=1S/C18H10F6N2O4S/c19-17(20,21)10-6-11(18(22,23)24)8-12(7-10)25-26-16-14-3-2-13(31(28,29)30)5-9(14)1-4-15(16)27/h1-8,27H,(H,28,29,30). The van der Waals surface area contributed by atoms with Crippen LogP contribution in [0.5, 0.6) is 5.75 Å². The molecular weight excluding hydrogens is 454 g/mol. The Kier molecular flexibility index (Phi) is 5.44. The summed E-state index contributed by atoms with van der Waals surface area (Å²) in [7, 11) is -4.54. The van der Waals surface area contributed by atoms with Crippen molar-refractivity contribution in [1.29, 1.82) is 0 Å². The number of benzene rings is 3. The monoisotopic (exact) mass is 464 g/mol. The van der Waals surface area contributed by atoms with Gasteiger partial charge in [0, 0.05) is 5.39 Å². The summed E-state index contributed by atoms with van der Waals surface area (Å²) in [5, 5.41) is 17.2. The highest BCUT2D eigenvalue weighted by Gasteiger charge is 2.37. The first-order valence-electron chi connectivity index (χ1n) is 8.11. The van der Waals surface area contributed by atoms with Crippen LogP contribution in [0.4, 0.5) is 37.7 Å². The number of hydrogen-bond donors (Lipinski definition) is 2. The molecule has 13 heteroatoms. The third-order valence-electron chi connectivity index (χ3n) is 4.08. The summed E-state index contributed by atoms with van der Waals surface area (Å²) in [5.41, 5.74) is -4.27. The number of aromatic hydroxyl groups is 1. The number of azo groups is 1. The zero-order valence-electron chi connectivity index (χ0n) is 14.9. The van der Waals surface area contributed by atoms with Gasteiger partial charge in [-0.3, -0.25) is 4.55 Å². The van der Waals surface area contributed by atoms with Gasteiger partial charge in [-0.15, -0.1) is 5.11 Å². The summed E-state index contributed by atoms with van der Waals surface area (Å²) in [6, 6.07) is 6.14. The van der Waals surface area contributed by atoms with Crippen LogP contribution >= 0.6 is 0 Å². The molecule has 31 heavy (non-hydrogen) atoms. The molecule has 6 nitrogen and oxygen atoms in total. The lowest BCUT2D eigenvalue weighted by atomic mass is 10.1. The maximum atomic E-state index is 13.0. The molecule has 0 saturated carbocycles. The van der Waals surface area contributed by atoms with E-state index < -0.39 is 49.9 Å². The molecule has 2 N–H and O–H groups in total. The van der Waals surface area contributed by atoms with Crippen molar-refractivity contribution in [2.45, 2.75) is 17.2 Å². The van der Waals surface area contributed by atoms with Gasteiger partial charge in [0.2, 0.25) is 0 Å². The first-order chi connectivity index (χ1) is 14.2. The van der Waals surface area contributed by atoms with Gasteiger partial charge in [0.15, 0.2) is 0 Å². The van der Waals surface area contributed by atoms with E-state index in [1.165, 1.54) is 6.07 Å². The van der Waals surface area contributed by atoms with Crippen LogP contribution in [0.25, 0.3) is 10.8 Å². The van der Waals surface area contributed by atoms with Crippen LogP contribution in [0.15, 0.2) is 63.7 Å². The molecule has 0 fully saturated rings. The Morgan fingerprint density at radius 3 is 1.87 bits per heavy atom. The lowest BCUT2D eigenvalue weighted by Crippen LogP contribution is -2.10. The number of phenolic OH excluding ortho intramolecular Hbond substituents is 1. The molecule has 0 spiro atoms. The lowest BCUT2D eigenvalue weighted by Gasteiger charge is -2.12. The molecule has 0 aromatic heterocycles. The van der Waals surface area contributed by atoms with Gasteiger partial charge >= 0.3 is 12.4 Å². The van der Waals surface area contributed by atoms with Crippen LogP contribution in [-0.2, 0) is 22.5 Å². The number of rotatable bonds is 3. The average Bonchev–Trinajstić information content (AvgIpc) is 2.64. The third kappa shape index (κ3) is 4.94. The molecule has 3 aromatic carbocycles. The Labute approximate surface area is 170 Å². The van der Waals surface area contributed by atoms with E-state index in [1.54, 1.807) is 0 Å². The molecule has 0 heterocycles. The molecule has 3 aromatic rings. The highest BCUT2D eigenvalue weighted by atomic mass is 32.2. The smallest absolute Gasteiger partial charge is 0.416 e. The molecular formula is C18H10F6N2O4S. The number of alkyl halides is 6. The molecule has 0 aliphatic heterocycles. The van der Waals surface area contributed by atoms with Crippen molar-refractivity contribution in [1.82, 2.24) is 0 Å². The molecule has 0 atom stereocenters. The first kappa shape index (κ1) is 22.5. The van der Waals surface area contributed by atoms with Crippen LogP contribution < -0.4 is 0 Å². The van der Waals surface area contributed by atoms with Crippen molar-refractivity contribution in [3.05, 3.63) is 59.7 Å². The Hall–Kier alpha value is -3.19. The summed E-state index contributed by atoms with van der Waals surface area (Å²) in [6.07, 6.45) is -10.1. The van der Waals surface area contributed by atoms with Gasteiger partial charge in [0.25, 0.3) is 10.1 Å². The normalized spacial score (nSPS) is 13.3. The van der Waals surface area contributed by atoms with Gasteiger partial charge in [0.05, 0.1) is 21.7 Å². The minimum absolute atomic E-state index is 0.0642. The quantitative estimate of drug-likeness (QED) is 0.272. The van der Waals surface area contributed by atoms with Gasteiger partial charge in [-0.2, -0.15) is 39.9 Å². The molecule has 3 rings (SSSR count). The third-order valence-corrected chi connectivity index (χ3v) is 4.93. The van der Waals surface area contributed by atoms with E-state index in [0.717, 1.165) is 24.3 Å². The fraction of sp³-hybridized carbons (Fsp3) is 0.111. The van der Waals surface area contributed by atoms with E-state index >= 15 is 0 Å². The second-order valence-electron chi connectivity index (χ2n) is 6.26. The lowest BCUT2D eigenvalue weighted by molar-refractivity contribution is -0.143. The molecule has 0 aliphatic rings. The number of nitrogens with zero attached hydrogens (tertiary/aromatic N) is 2. The van der Waals surface area contributed by atoms with Crippen LogP contribution in [0.1, 0.15) is 11.1 Å². The second kappa shape index (κ2) is 7.50. The van der Waals surface area contributed by atoms with Crippen molar-refractivity contribution in [3.8, 4) is 5.75 Å². The number of fused-ring (bicyclic) bond motifs is 1. The Morgan fingerprint density at radius 1 is 0.774 bits per heavy atom. The van der Waals surface area contributed by atoms with Crippen LogP contribution in [0.3, 0.4) is 0 Å². The SMILES string of the molecule is O=S(=O)(O)c1ccc2c(N=Nc3cc(C(F)(F)F)cc(C(F)(F)F)c3)c(O)ccc2c1. The molecule has 164 valence electrons. The van der Waals surface area contributed by atoms with E-state index in [9.17, 15) is 39.9 Å². The number of halogens is 6. The van der Waals surface area contributed by atoms with Gasteiger partial charge in [-0.1, -0.05) is 12.1 Å². The molecule has 0 unspecified atom stereocenters. The summed E-state index contributed by atoms with van der Waals surface area (Å²) in [6.45, 7) is 0. The van der Waals surface area contributed by atoms with Gasteiger partial charge < -0.3 is 5.11 Å². The highest BCUT2D eigenvalue weighted by Crippen LogP contribution is 2.40. The Balaban J connectivity index is 2.14. The molecule has 0 amide bonds. The predicted molar refractivity (Wildman–Crippen MR) is 96.0 cm³/mol. The summed E-state index contributed by atoms with van der Waals surface area (Å²) in [4.78, 5) is -0.471.